The second-order valence-electron chi connectivity index (χ2n) is 4.80. The van der Waals surface area contributed by atoms with Crippen LogP contribution >= 0.6 is 0 Å². The Morgan fingerprint density at radius 3 is 2.59 bits per heavy atom. The van der Waals surface area contributed by atoms with E-state index in [0.29, 0.717) is 17.2 Å². The highest BCUT2D eigenvalue weighted by molar-refractivity contribution is 6.02. The average molecular weight is 303 g/mol. The highest BCUT2D eigenvalue weighted by atomic mass is 16.5. The molecule has 1 aromatic carbocycles. The molecule has 22 heavy (non-hydrogen) atoms. The summed E-state index contributed by atoms with van der Waals surface area (Å²) in [5.74, 6) is -0.143. The Labute approximate surface area is 127 Å². The molecular weight excluding hydrogens is 286 g/mol. The third kappa shape index (κ3) is 3.05. The van der Waals surface area contributed by atoms with E-state index in [2.05, 4.69) is 20.3 Å². The fraction of sp³-hybridized carbons (Fsp3) is 0.286. The first kappa shape index (κ1) is 15.5. The lowest BCUT2D eigenvalue weighted by Crippen LogP contribution is -2.19. The molecule has 0 aliphatic carbocycles. The highest BCUT2D eigenvalue weighted by Gasteiger charge is 2.17. The van der Waals surface area contributed by atoms with Crippen molar-refractivity contribution >= 4 is 23.5 Å². The average Bonchev–Trinajstić information content (AvgIpc) is 2.88. The molecule has 0 unspecified atom stereocenters. The molecule has 116 valence electrons. The van der Waals surface area contributed by atoms with Crippen LogP contribution in [0.1, 0.15) is 21.0 Å². The number of ether oxygens (including phenoxy) is 1. The van der Waals surface area contributed by atoms with Crippen molar-refractivity contribution in [3.8, 4) is 0 Å². The second kappa shape index (κ2) is 6.25. The van der Waals surface area contributed by atoms with Crippen molar-refractivity contribution in [2.45, 2.75) is 0 Å². The zero-order chi connectivity index (χ0) is 16.3. The Balaban J connectivity index is 2.21. The van der Waals surface area contributed by atoms with Crippen molar-refractivity contribution in [1.82, 2.24) is 14.8 Å². The number of carbonyl (C=O) groups excluding carboxylic acids is 2. The summed E-state index contributed by atoms with van der Waals surface area (Å²) in [6.45, 7) is 0. The monoisotopic (exact) mass is 303 g/mol. The summed E-state index contributed by atoms with van der Waals surface area (Å²) in [6, 6.07) is 6.47. The molecule has 1 amide bonds. The topological polar surface area (TPSA) is 89.3 Å². The third-order valence-corrected chi connectivity index (χ3v) is 3.00. The largest absolute Gasteiger partial charge is 0.465 e. The Hall–Kier alpha value is -2.90. The molecule has 0 saturated carbocycles. The molecular formula is C14H17N5O3. The van der Waals surface area contributed by atoms with Gasteiger partial charge in [-0.25, -0.2) is 4.79 Å². The zero-order valence-electron chi connectivity index (χ0n) is 12.8. The number of carbonyl (C=O) groups is 2. The number of nitrogens with zero attached hydrogens (tertiary/aromatic N) is 4. The second-order valence-corrected chi connectivity index (χ2v) is 4.80. The number of hydrogen-bond acceptors (Lipinski definition) is 6. The lowest BCUT2D eigenvalue weighted by atomic mass is 10.2. The lowest BCUT2D eigenvalue weighted by Gasteiger charge is -2.11. The molecule has 8 nitrogen and oxygen atoms in total. The van der Waals surface area contributed by atoms with Crippen LogP contribution in [0.15, 0.2) is 24.3 Å². The van der Waals surface area contributed by atoms with Gasteiger partial charge in [-0.2, -0.15) is 0 Å². The van der Waals surface area contributed by atoms with Gasteiger partial charge in [-0.3, -0.25) is 9.36 Å². The maximum atomic E-state index is 12.3. The molecule has 0 fully saturated rings. The predicted molar refractivity (Wildman–Crippen MR) is 81.1 cm³/mol. The van der Waals surface area contributed by atoms with Gasteiger partial charge in [-0.15, -0.1) is 10.2 Å². The quantitative estimate of drug-likeness (QED) is 0.845. The number of benzene rings is 1. The number of nitrogens with one attached hydrogen (secondary N) is 1. The first-order valence-electron chi connectivity index (χ1n) is 6.50. The summed E-state index contributed by atoms with van der Waals surface area (Å²) in [7, 11) is 6.63. The van der Waals surface area contributed by atoms with Crippen LogP contribution in [0.25, 0.3) is 0 Å². The summed E-state index contributed by atoms with van der Waals surface area (Å²) in [4.78, 5) is 25.5. The molecule has 2 aromatic rings. The molecule has 1 heterocycles. The molecule has 0 saturated heterocycles. The van der Waals surface area contributed by atoms with Crippen molar-refractivity contribution in [3.63, 3.8) is 0 Å². The van der Waals surface area contributed by atoms with E-state index in [9.17, 15) is 9.59 Å². The Morgan fingerprint density at radius 1 is 1.27 bits per heavy atom. The third-order valence-electron chi connectivity index (χ3n) is 3.00. The summed E-state index contributed by atoms with van der Waals surface area (Å²) >= 11 is 0. The SMILES string of the molecule is COC(=O)c1cccc(NC(=O)c2nnc(N(C)C)n2C)c1. The minimum atomic E-state index is -0.468. The fourth-order valence-corrected chi connectivity index (χ4v) is 1.94. The molecule has 0 bridgehead atoms. The minimum absolute atomic E-state index is 0.173. The maximum absolute atomic E-state index is 12.3. The van der Waals surface area contributed by atoms with E-state index in [0.717, 1.165) is 0 Å². The number of amides is 1. The normalized spacial score (nSPS) is 10.2. The van der Waals surface area contributed by atoms with E-state index in [1.165, 1.54) is 13.2 Å². The van der Waals surface area contributed by atoms with Gasteiger partial charge in [0, 0.05) is 26.8 Å². The molecule has 0 spiro atoms. The molecule has 2 rings (SSSR count). The van der Waals surface area contributed by atoms with Crippen LogP contribution in [-0.4, -0.2) is 47.8 Å². The first-order valence-corrected chi connectivity index (χ1v) is 6.50. The first-order chi connectivity index (χ1) is 10.4. The number of rotatable bonds is 4. The standard InChI is InChI=1S/C14H17N5O3/c1-18(2)14-17-16-11(19(14)3)12(20)15-10-7-5-6-9(8-10)13(21)22-4/h5-8H,1-4H3,(H,15,20). The van der Waals surface area contributed by atoms with Crippen LogP contribution in [-0.2, 0) is 11.8 Å². The van der Waals surface area contributed by atoms with Crippen LogP contribution in [0.3, 0.4) is 0 Å². The maximum Gasteiger partial charge on any atom is 0.337 e. The van der Waals surface area contributed by atoms with Gasteiger partial charge in [0.15, 0.2) is 0 Å². The van der Waals surface area contributed by atoms with E-state index in [-0.39, 0.29) is 5.82 Å². The molecule has 1 aromatic heterocycles. The van der Waals surface area contributed by atoms with Gasteiger partial charge in [-0.05, 0) is 18.2 Å². The minimum Gasteiger partial charge on any atom is -0.465 e. The summed E-state index contributed by atoms with van der Waals surface area (Å²) < 4.78 is 6.23. The predicted octanol–water partition coefficient (Wildman–Crippen LogP) is 0.920. The van der Waals surface area contributed by atoms with Crippen molar-refractivity contribution < 1.29 is 14.3 Å². The summed E-state index contributed by atoms with van der Waals surface area (Å²) in [5, 5.41) is 10.5. The molecule has 0 atom stereocenters. The van der Waals surface area contributed by atoms with Crippen LogP contribution in [0.2, 0.25) is 0 Å². The summed E-state index contributed by atoms with van der Waals surface area (Å²) in [6.07, 6.45) is 0. The molecule has 0 radical (unpaired) electrons. The van der Waals surface area contributed by atoms with Gasteiger partial charge >= 0.3 is 5.97 Å². The fourth-order valence-electron chi connectivity index (χ4n) is 1.94. The van der Waals surface area contributed by atoms with E-state index in [1.54, 1.807) is 34.7 Å². The summed E-state index contributed by atoms with van der Waals surface area (Å²) in [5.41, 5.74) is 0.828. The number of anilines is 2. The van der Waals surface area contributed by atoms with Gasteiger partial charge in [0.2, 0.25) is 11.8 Å². The van der Waals surface area contributed by atoms with Crippen LogP contribution in [0, 0.1) is 0 Å². The van der Waals surface area contributed by atoms with E-state index < -0.39 is 11.9 Å². The Kier molecular flexibility index (Phi) is 4.40. The van der Waals surface area contributed by atoms with Crippen LogP contribution in [0.4, 0.5) is 11.6 Å². The Morgan fingerprint density at radius 2 is 2.00 bits per heavy atom. The van der Waals surface area contributed by atoms with Crippen molar-refractivity contribution in [1.29, 1.82) is 0 Å². The highest BCUT2D eigenvalue weighted by Crippen LogP contribution is 2.14. The van der Waals surface area contributed by atoms with Crippen molar-refractivity contribution in [2.24, 2.45) is 7.05 Å². The molecule has 0 aliphatic heterocycles. The number of hydrogen-bond donors (Lipinski definition) is 1. The van der Waals surface area contributed by atoms with Gasteiger partial charge in [0.1, 0.15) is 0 Å². The van der Waals surface area contributed by atoms with Crippen molar-refractivity contribution in [2.75, 3.05) is 31.4 Å². The van der Waals surface area contributed by atoms with Gasteiger partial charge in [0.05, 0.1) is 12.7 Å². The van der Waals surface area contributed by atoms with Gasteiger partial charge in [0.25, 0.3) is 5.91 Å². The van der Waals surface area contributed by atoms with Crippen LogP contribution < -0.4 is 10.2 Å². The zero-order valence-corrected chi connectivity index (χ0v) is 12.8. The molecule has 8 heteroatoms. The van der Waals surface area contributed by atoms with Gasteiger partial charge in [-0.1, -0.05) is 6.07 Å². The van der Waals surface area contributed by atoms with Crippen molar-refractivity contribution in [3.05, 3.63) is 35.7 Å². The van der Waals surface area contributed by atoms with E-state index in [4.69, 9.17) is 0 Å². The van der Waals surface area contributed by atoms with Gasteiger partial charge < -0.3 is 15.0 Å². The lowest BCUT2D eigenvalue weighted by molar-refractivity contribution is 0.0600. The number of aromatic nitrogens is 3. The number of esters is 1. The molecule has 1 N–H and O–H groups in total. The van der Waals surface area contributed by atoms with Crippen LogP contribution in [0.5, 0.6) is 0 Å². The molecule has 0 aliphatic rings. The van der Waals surface area contributed by atoms with E-state index in [1.807, 2.05) is 14.1 Å². The Bertz CT molecular complexity index is 708. The van der Waals surface area contributed by atoms with E-state index >= 15 is 0 Å². The smallest absolute Gasteiger partial charge is 0.337 e. The number of methoxy groups -OCH3 is 1.